The van der Waals surface area contributed by atoms with E-state index in [1.54, 1.807) is 30.0 Å². The van der Waals surface area contributed by atoms with Gasteiger partial charge in [-0.1, -0.05) is 23.4 Å². The maximum Gasteiger partial charge on any atom is 0.123 e. The van der Waals surface area contributed by atoms with Crippen molar-refractivity contribution in [3.05, 3.63) is 60.0 Å². The van der Waals surface area contributed by atoms with Gasteiger partial charge in [0, 0.05) is 11.6 Å². The van der Waals surface area contributed by atoms with Crippen LogP contribution >= 0.6 is 0 Å². The van der Waals surface area contributed by atoms with Gasteiger partial charge in [0.15, 0.2) is 0 Å². The van der Waals surface area contributed by atoms with Gasteiger partial charge in [0.05, 0.1) is 19.4 Å². The summed E-state index contributed by atoms with van der Waals surface area (Å²) in [6.45, 7) is -0.282. The molecular weight excluding hydrogens is 285 g/mol. The van der Waals surface area contributed by atoms with Gasteiger partial charge in [0.25, 0.3) is 0 Å². The Morgan fingerprint density at radius 2 is 2.00 bits per heavy atom. The van der Waals surface area contributed by atoms with Gasteiger partial charge in [-0.25, -0.2) is 9.07 Å². The third-order valence-corrected chi connectivity index (χ3v) is 3.29. The van der Waals surface area contributed by atoms with Crippen LogP contribution in [0.3, 0.4) is 0 Å². The first-order valence-electron chi connectivity index (χ1n) is 6.68. The Hall–Kier alpha value is -2.73. The van der Waals surface area contributed by atoms with Gasteiger partial charge in [-0.2, -0.15) is 0 Å². The molecule has 2 aromatic carbocycles. The fourth-order valence-corrected chi connectivity index (χ4v) is 2.27. The third-order valence-electron chi connectivity index (χ3n) is 3.29. The lowest BCUT2D eigenvalue weighted by Gasteiger charge is -2.09. The van der Waals surface area contributed by atoms with Gasteiger partial charge in [0.1, 0.15) is 23.0 Å². The van der Waals surface area contributed by atoms with E-state index in [0.717, 1.165) is 0 Å². The Balaban J connectivity index is 2.19. The summed E-state index contributed by atoms with van der Waals surface area (Å²) in [6, 6.07) is 13.4. The lowest BCUT2D eigenvalue weighted by molar-refractivity contribution is 0.277. The monoisotopic (exact) mass is 299 g/mol. The highest BCUT2D eigenvalue weighted by Crippen LogP contribution is 2.27. The maximum absolute atomic E-state index is 13.5. The van der Waals surface area contributed by atoms with E-state index in [1.807, 2.05) is 18.2 Å². The molecule has 3 rings (SSSR count). The SMILES string of the molecule is COc1cccc(-n2nnc(CO)c2-c2cccc(F)c2)c1. The van der Waals surface area contributed by atoms with Crippen LogP contribution in [0.25, 0.3) is 16.9 Å². The van der Waals surface area contributed by atoms with Crippen LogP contribution in [0.4, 0.5) is 4.39 Å². The van der Waals surface area contributed by atoms with Crippen molar-refractivity contribution in [2.45, 2.75) is 6.61 Å². The molecule has 3 aromatic rings. The van der Waals surface area contributed by atoms with Gasteiger partial charge < -0.3 is 9.84 Å². The quantitative estimate of drug-likeness (QED) is 0.804. The summed E-state index contributed by atoms with van der Waals surface area (Å²) in [4.78, 5) is 0. The number of halogens is 1. The smallest absolute Gasteiger partial charge is 0.123 e. The van der Waals surface area contributed by atoms with E-state index in [4.69, 9.17) is 4.74 Å². The molecule has 112 valence electrons. The number of aromatic nitrogens is 3. The van der Waals surface area contributed by atoms with Crippen LogP contribution < -0.4 is 4.74 Å². The molecule has 0 unspecified atom stereocenters. The molecule has 5 nitrogen and oxygen atoms in total. The zero-order valence-electron chi connectivity index (χ0n) is 11.9. The van der Waals surface area contributed by atoms with Crippen molar-refractivity contribution in [1.29, 1.82) is 0 Å². The first-order chi connectivity index (χ1) is 10.7. The molecule has 0 radical (unpaired) electrons. The molecule has 0 fully saturated rings. The zero-order chi connectivity index (χ0) is 15.5. The molecule has 0 saturated carbocycles. The minimum absolute atomic E-state index is 0.282. The number of benzene rings is 2. The molecule has 0 atom stereocenters. The summed E-state index contributed by atoms with van der Waals surface area (Å²) in [6.07, 6.45) is 0. The van der Waals surface area contributed by atoms with Crippen molar-refractivity contribution >= 4 is 0 Å². The second-order valence-corrected chi connectivity index (χ2v) is 4.67. The Morgan fingerprint density at radius 1 is 1.18 bits per heavy atom. The molecular formula is C16H14FN3O2. The van der Waals surface area contributed by atoms with E-state index in [0.29, 0.717) is 28.4 Å². The number of ether oxygens (including phenoxy) is 1. The fourth-order valence-electron chi connectivity index (χ4n) is 2.27. The largest absolute Gasteiger partial charge is 0.497 e. The van der Waals surface area contributed by atoms with E-state index >= 15 is 0 Å². The summed E-state index contributed by atoms with van der Waals surface area (Å²) >= 11 is 0. The van der Waals surface area contributed by atoms with Crippen molar-refractivity contribution < 1.29 is 14.2 Å². The van der Waals surface area contributed by atoms with Gasteiger partial charge >= 0.3 is 0 Å². The highest BCUT2D eigenvalue weighted by molar-refractivity contribution is 5.64. The number of aliphatic hydroxyl groups is 1. The van der Waals surface area contributed by atoms with Crippen molar-refractivity contribution in [2.75, 3.05) is 7.11 Å². The summed E-state index contributed by atoms with van der Waals surface area (Å²) in [5.74, 6) is 0.309. The molecule has 0 bridgehead atoms. The van der Waals surface area contributed by atoms with Crippen LogP contribution in [0.15, 0.2) is 48.5 Å². The third kappa shape index (κ3) is 2.56. The molecule has 1 N–H and O–H groups in total. The Bertz CT molecular complexity index is 802. The molecule has 1 heterocycles. The van der Waals surface area contributed by atoms with Gasteiger partial charge in [0.2, 0.25) is 0 Å². The number of aliphatic hydroxyl groups excluding tert-OH is 1. The van der Waals surface area contributed by atoms with E-state index in [9.17, 15) is 9.50 Å². The molecule has 0 spiro atoms. The number of hydrogen-bond donors (Lipinski definition) is 1. The second-order valence-electron chi connectivity index (χ2n) is 4.67. The Labute approximate surface area is 126 Å². The highest BCUT2D eigenvalue weighted by Gasteiger charge is 2.16. The van der Waals surface area contributed by atoms with Gasteiger partial charge in [-0.3, -0.25) is 0 Å². The molecule has 0 amide bonds. The van der Waals surface area contributed by atoms with Crippen molar-refractivity contribution in [3.63, 3.8) is 0 Å². The van der Waals surface area contributed by atoms with Gasteiger partial charge in [-0.05, 0) is 24.3 Å². The van der Waals surface area contributed by atoms with Crippen LogP contribution in [-0.2, 0) is 6.61 Å². The predicted molar refractivity (Wildman–Crippen MR) is 79.2 cm³/mol. The van der Waals surface area contributed by atoms with Gasteiger partial charge in [-0.15, -0.1) is 5.10 Å². The molecule has 0 aliphatic heterocycles. The summed E-state index contributed by atoms with van der Waals surface area (Å²) < 4.78 is 20.3. The number of rotatable bonds is 4. The minimum atomic E-state index is -0.361. The molecule has 1 aromatic heterocycles. The minimum Gasteiger partial charge on any atom is -0.497 e. The van der Waals surface area contributed by atoms with Crippen LogP contribution in [-0.4, -0.2) is 27.2 Å². The molecule has 0 aliphatic rings. The molecule has 0 aliphatic carbocycles. The summed E-state index contributed by atoms with van der Waals surface area (Å²) in [5.41, 5.74) is 2.24. The average molecular weight is 299 g/mol. The first-order valence-corrected chi connectivity index (χ1v) is 6.68. The molecule has 0 saturated heterocycles. The predicted octanol–water partition coefficient (Wildman–Crippen LogP) is 2.57. The van der Waals surface area contributed by atoms with Crippen LogP contribution in [0.1, 0.15) is 5.69 Å². The fraction of sp³-hybridized carbons (Fsp3) is 0.125. The molecule has 6 heteroatoms. The van der Waals surface area contributed by atoms with Crippen molar-refractivity contribution in [3.8, 4) is 22.7 Å². The van der Waals surface area contributed by atoms with Crippen LogP contribution in [0, 0.1) is 5.82 Å². The van der Waals surface area contributed by atoms with E-state index in [-0.39, 0.29) is 12.4 Å². The highest BCUT2D eigenvalue weighted by atomic mass is 19.1. The average Bonchev–Trinajstić information content (AvgIpc) is 2.99. The zero-order valence-corrected chi connectivity index (χ0v) is 11.9. The van der Waals surface area contributed by atoms with E-state index < -0.39 is 0 Å². The number of nitrogens with zero attached hydrogens (tertiary/aromatic N) is 3. The normalized spacial score (nSPS) is 10.7. The second kappa shape index (κ2) is 5.95. The topological polar surface area (TPSA) is 60.2 Å². The van der Waals surface area contributed by atoms with Crippen LogP contribution in [0.2, 0.25) is 0 Å². The summed E-state index contributed by atoms with van der Waals surface area (Å²) in [5, 5.41) is 17.5. The van der Waals surface area contributed by atoms with E-state index in [1.165, 1.54) is 12.1 Å². The van der Waals surface area contributed by atoms with E-state index in [2.05, 4.69) is 10.3 Å². The Morgan fingerprint density at radius 3 is 2.73 bits per heavy atom. The Kier molecular flexibility index (Phi) is 3.84. The van der Waals surface area contributed by atoms with Crippen molar-refractivity contribution in [2.24, 2.45) is 0 Å². The lowest BCUT2D eigenvalue weighted by atomic mass is 10.1. The van der Waals surface area contributed by atoms with Crippen LogP contribution in [0.5, 0.6) is 5.75 Å². The summed E-state index contributed by atoms with van der Waals surface area (Å²) in [7, 11) is 1.58. The lowest BCUT2D eigenvalue weighted by Crippen LogP contribution is -2.01. The molecule has 22 heavy (non-hydrogen) atoms. The number of methoxy groups -OCH3 is 1. The standard InChI is InChI=1S/C16H14FN3O2/c1-22-14-7-3-6-13(9-14)20-16(15(10-21)18-19-20)11-4-2-5-12(17)8-11/h2-9,21H,10H2,1H3. The maximum atomic E-state index is 13.5. The number of hydrogen-bond acceptors (Lipinski definition) is 4. The first kappa shape index (κ1) is 14.2. The van der Waals surface area contributed by atoms with Crippen molar-refractivity contribution in [1.82, 2.24) is 15.0 Å².